The molecule has 0 radical (unpaired) electrons. The number of anilines is 1. The number of carbonyl (C=O) groups is 2. The number of carbonyl (C=O) groups excluding carboxylic acids is 2. The van der Waals surface area contributed by atoms with E-state index in [1.54, 1.807) is 11.9 Å². The standard InChI is InChI=1S/C25H35N3O4S/c1-6-22(25(30)26-4)27(18-21-11-8-7-9-12-21)24(29)13-10-16-28(33(5,31)32)23-17-19(2)14-15-20(23)3/h7-9,11-12,14-15,17,22H,6,10,13,16,18H2,1-5H3,(H,26,30)/t22-/m1/s1. The van der Waals surface area contributed by atoms with Crippen LogP contribution in [0.1, 0.15) is 42.9 Å². The van der Waals surface area contributed by atoms with Crippen molar-refractivity contribution < 1.29 is 18.0 Å². The highest BCUT2D eigenvalue weighted by Gasteiger charge is 2.28. The zero-order valence-corrected chi connectivity index (χ0v) is 21.0. The Labute approximate surface area is 197 Å². The summed E-state index contributed by atoms with van der Waals surface area (Å²) in [6.45, 7) is 6.16. The van der Waals surface area contributed by atoms with Gasteiger partial charge in [0.25, 0.3) is 0 Å². The van der Waals surface area contributed by atoms with Crippen LogP contribution in [-0.2, 0) is 26.2 Å². The Morgan fingerprint density at radius 3 is 2.30 bits per heavy atom. The number of hydrogen-bond acceptors (Lipinski definition) is 4. The zero-order chi connectivity index (χ0) is 24.6. The lowest BCUT2D eigenvalue weighted by molar-refractivity contribution is -0.141. The van der Waals surface area contributed by atoms with Crippen LogP contribution in [0.4, 0.5) is 5.69 Å². The number of nitrogens with zero attached hydrogens (tertiary/aromatic N) is 2. The molecule has 2 rings (SSSR count). The summed E-state index contributed by atoms with van der Waals surface area (Å²) in [6.07, 6.45) is 2.14. The predicted molar refractivity (Wildman–Crippen MR) is 132 cm³/mol. The van der Waals surface area contributed by atoms with Crippen LogP contribution in [0.2, 0.25) is 0 Å². The van der Waals surface area contributed by atoms with Gasteiger partial charge in [-0.1, -0.05) is 49.4 Å². The average Bonchev–Trinajstić information content (AvgIpc) is 2.78. The molecule has 0 aliphatic carbocycles. The van der Waals surface area contributed by atoms with Gasteiger partial charge in [0.1, 0.15) is 6.04 Å². The minimum atomic E-state index is -3.52. The smallest absolute Gasteiger partial charge is 0.242 e. The minimum Gasteiger partial charge on any atom is -0.357 e. The number of likely N-dealkylation sites (N-methyl/N-ethyl adjacent to an activating group) is 1. The number of amides is 2. The summed E-state index contributed by atoms with van der Waals surface area (Å²) in [5.74, 6) is -0.390. The van der Waals surface area contributed by atoms with Gasteiger partial charge in [0.2, 0.25) is 21.8 Å². The molecular formula is C25H35N3O4S. The summed E-state index contributed by atoms with van der Waals surface area (Å²) in [5.41, 5.74) is 3.38. The maximum Gasteiger partial charge on any atom is 0.242 e. The number of aryl methyl sites for hydroxylation is 2. The molecule has 0 aromatic heterocycles. The molecule has 0 heterocycles. The van der Waals surface area contributed by atoms with Gasteiger partial charge >= 0.3 is 0 Å². The number of benzene rings is 2. The molecule has 2 aromatic rings. The Hall–Kier alpha value is -2.87. The lowest BCUT2D eigenvalue weighted by atomic mass is 10.1. The van der Waals surface area contributed by atoms with Crippen molar-refractivity contribution in [3.05, 3.63) is 65.2 Å². The largest absolute Gasteiger partial charge is 0.357 e. The van der Waals surface area contributed by atoms with Gasteiger partial charge < -0.3 is 10.2 Å². The summed E-state index contributed by atoms with van der Waals surface area (Å²) in [7, 11) is -1.96. The third-order valence-corrected chi connectivity index (χ3v) is 6.79. The first-order valence-electron chi connectivity index (χ1n) is 11.2. The van der Waals surface area contributed by atoms with Crippen molar-refractivity contribution in [2.45, 2.75) is 52.6 Å². The topological polar surface area (TPSA) is 86.8 Å². The molecule has 0 spiro atoms. The molecule has 0 fully saturated rings. The van der Waals surface area contributed by atoms with Crippen LogP contribution >= 0.6 is 0 Å². The Bertz CT molecular complexity index is 1050. The Kier molecular flexibility index (Phi) is 9.46. The number of nitrogens with one attached hydrogen (secondary N) is 1. The second-order valence-corrected chi connectivity index (χ2v) is 10.2. The quantitative estimate of drug-likeness (QED) is 0.542. The van der Waals surface area contributed by atoms with E-state index >= 15 is 0 Å². The van der Waals surface area contributed by atoms with E-state index in [2.05, 4.69) is 5.32 Å². The summed E-state index contributed by atoms with van der Waals surface area (Å²) in [4.78, 5) is 27.3. The predicted octanol–water partition coefficient (Wildman–Crippen LogP) is 3.40. The Morgan fingerprint density at radius 2 is 1.73 bits per heavy atom. The van der Waals surface area contributed by atoms with E-state index in [0.717, 1.165) is 16.7 Å². The van der Waals surface area contributed by atoms with Crippen molar-refractivity contribution >= 4 is 27.5 Å². The average molecular weight is 474 g/mol. The summed E-state index contributed by atoms with van der Waals surface area (Å²) in [6, 6.07) is 14.6. The highest BCUT2D eigenvalue weighted by atomic mass is 32.2. The zero-order valence-electron chi connectivity index (χ0n) is 20.2. The fraction of sp³-hybridized carbons (Fsp3) is 0.440. The number of rotatable bonds is 11. The maximum atomic E-state index is 13.2. The molecule has 0 bridgehead atoms. The molecule has 0 saturated carbocycles. The van der Waals surface area contributed by atoms with E-state index in [-0.39, 0.29) is 24.8 Å². The molecular weight excluding hydrogens is 438 g/mol. The van der Waals surface area contributed by atoms with E-state index in [1.165, 1.54) is 10.6 Å². The normalized spacial score (nSPS) is 12.2. The second kappa shape index (κ2) is 11.8. The Morgan fingerprint density at radius 1 is 1.06 bits per heavy atom. The Balaban J connectivity index is 2.20. The first-order valence-corrected chi connectivity index (χ1v) is 13.0. The van der Waals surface area contributed by atoms with E-state index in [9.17, 15) is 18.0 Å². The molecule has 33 heavy (non-hydrogen) atoms. The van der Waals surface area contributed by atoms with Crippen molar-refractivity contribution in [3.8, 4) is 0 Å². The molecule has 7 nitrogen and oxygen atoms in total. The first-order chi connectivity index (χ1) is 15.6. The van der Waals surface area contributed by atoms with Crippen molar-refractivity contribution in [2.24, 2.45) is 0 Å². The van der Waals surface area contributed by atoms with Crippen LogP contribution in [0.15, 0.2) is 48.5 Å². The fourth-order valence-electron chi connectivity index (χ4n) is 3.84. The number of sulfonamides is 1. The van der Waals surface area contributed by atoms with Gasteiger partial charge in [0.05, 0.1) is 11.9 Å². The number of hydrogen-bond donors (Lipinski definition) is 1. The van der Waals surface area contributed by atoms with Crippen molar-refractivity contribution in [2.75, 3.05) is 24.2 Å². The summed E-state index contributed by atoms with van der Waals surface area (Å²) in [5, 5.41) is 2.64. The maximum absolute atomic E-state index is 13.2. The SMILES string of the molecule is CC[C@H](C(=O)NC)N(Cc1ccccc1)C(=O)CCCN(c1cc(C)ccc1C)S(C)(=O)=O. The van der Waals surface area contributed by atoms with Crippen molar-refractivity contribution in [1.82, 2.24) is 10.2 Å². The molecule has 2 aromatic carbocycles. The molecule has 1 N–H and O–H groups in total. The fourth-order valence-corrected chi connectivity index (χ4v) is 4.85. The molecule has 1 atom stereocenters. The van der Waals surface area contributed by atoms with Crippen LogP contribution in [0.3, 0.4) is 0 Å². The molecule has 2 amide bonds. The van der Waals surface area contributed by atoms with Gasteiger partial charge in [-0.25, -0.2) is 8.42 Å². The van der Waals surface area contributed by atoms with Crippen LogP contribution in [0.25, 0.3) is 0 Å². The van der Waals surface area contributed by atoms with Gasteiger partial charge in [0, 0.05) is 26.6 Å². The van der Waals surface area contributed by atoms with E-state index < -0.39 is 16.1 Å². The lowest BCUT2D eigenvalue weighted by Crippen LogP contribution is -2.48. The molecule has 0 aliphatic rings. The van der Waals surface area contributed by atoms with E-state index in [4.69, 9.17) is 0 Å². The van der Waals surface area contributed by atoms with Crippen LogP contribution in [0.5, 0.6) is 0 Å². The monoisotopic (exact) mass is 473 g/mol. The molecule has 0 unspecified atom stereocenters. The van der Waals surface area contributed by atoms with E-state index in [0.29, 0.717) is 25.1 Å². The lowest BCUT2D eigenvalue weighted by Gasteiger charge is -2.31. The third kappa shape index (κ3) is 7.32. The minimum absolute atomic E-state index is 0.136. The van der Waals surface area contributed by atoms with Gasteiger partial charge in [-0.15, -0.1) is 0 Å². The summed E-state index contributed by atoms with van der Waals surface area (Å²) >= 11 is 0. The van der Waals surface area contributed by atoms with Gasteiger partial charge in [0.15, 0.2) is 0 Å². The van der Waals surface area contributed by atoms with Crippen LogP contribution in [-0.4, -0.2) is 51.0 Å². The van der Waals surface area contributed by atoms with E-state index in [1.807, 2.05) is 69.3 Å². The van der Waals surface area contributed by atoms with Gasteiger partial charge in [-0.2, -0.15) is 0 Å². The van der Waals surface area contributed by atoms with Gasteiger partial charge in [-0.05, 0) is 49.4 Å². The second-order valence-electron chi connectivity index (χ2n) is 8.27. The molecule has 8 heteroatoms. The van der Waals surface area contributed by atoms with Crippen molar-refractivity contribution in [3.63, 3.8) is 0 Å². The highest BCUT2D eigenvalue weighted by Crippen LogP contribution is 2.24. The molecule has 0 saturated heterocycles. The highest BCUT2D eigenvalue weighted by molar-refractivity contribution is 7.92. The first kappa shape index (κ1) is 26.4. The summed E-state index contributed by atoms with van der Waals surface area (Å²) < 4.78 is 26.4. The van der Waals surface area contributed by atoms with Crippen molar-refractivity contribution in [1.29, 1.82) is 0 Å². The van der Waals surface area contributed by atoms with Crippen LogP contribution in [0, 0.1) is 13.8 Å². The molecule has 180 valence electrons. The van der Waals surface area contributed by atoms with Crippen LogP contribution < -0.4 is 9.62 Å². The van der Waals surface area contributed by atoms with Gasteiger partial charge in [-0.3, -0.25) is 13.9 Å². The third-order valence-electron chi connectivity index (χ3n) is 5.61. The molecule has 0 aliphatic heterocycles.